The smallest absolute Gasteiger partial charge is 0.276 e. The quantitative estimate of drug-likeness (QED) is 0.335. The summed E-state index contributed by atoms with van der Waals surface area (Å²) in [5.74, 6) is -1.80. The molecule has 154 valence electrons. The molecular weight excluding hydrogens is 422 g/mol. The first-order chi connectivity index (χ1) is 14.4. The maximum absolute atomic E-state index is 13.5. The summed E-state index contributed by atoms with van der Waals surface area (Å²) >= 11 is -0.487. The first-order valence-electron chi connectivity index (χ1n) is 8.33. The molecule has 0 atom stereocenters. The SMILES string of the molecule is N/C(=C\C(=N\SF)C(=O)Nc1ccc2cccnc2n1)c1ccc(F)c(C(F)F)c1. The fourth-order valence-electron chi connectivity index (χ4n) is 2.49. The molecule has 1 aromatic carbocycles. The van der Waals surface area contributed by atoms with E-state index in [1.165, 1.54) is 12.3 Å². The minimum Gasteiger partial charge on any atom is -0.398 e. The summed E-state index contributed by atoms with van der Waals surface area (Å²) in [6.45, 7) is 0. The topological polar surface area (TPSA) is 93.3 Å². The lowest BCUT2D eigenvalue weighted by Gasteiger charge is -2.08. The Kier molecular flexibility index (Phi) is 6.62. The molecule has 1 amide bonds. The second kappa shape index (κ2) is 9.35. The molecule has 3 rings (SSSR count). The summed E-state index contributed by atoms with van der Waals surface area (Å²) in [7, 11) is 0. The Morgan fingerprint density at radius 2 is 2.03 bits per heavy atom. The van der Waals surface area contributed by atoms with Crippen molar-refractivity contribution in [1.29, 1.82) is 0 Å². The first-order valence-corrected chi connectivity index (χ1v) is 9.00. The van der Waals surface area contributed by atoms with Crippen LogP contribution in [0.3, 0.4) is 0 Å². The van der Waals surface area contributed by atoms with Crippen LogP contribution >= 0.6 is 12.3 Å². The van der Waals surface area contributed by atoms with Crippen LogP contribution < -0.4 is 11.1 Å². The van der Waals surface area contributed by atoms with Crippen molar-refractivity contribution in [2.24, 2.45) is 10.1 Å². The van der Waals surface area contributed by atoms with Gasteiger partial charge in [-0.1, -0.05) is 0 Å². The van der Waals surface area contributed by atoms with Gasteiger partial charge in [0.25, 0.3) is 12.3 Å². The number of fused-ring (bicyclic) bond motifs is 1. The average molecular weight is 435 g/mol. The summed E-state index contributed by atoms with van der Waals surface area (Å²) in [5.41, 5.74) is 4.75. The lowest BCUT2D eigenvalue weighted by Crippen LogP contribution is -2.22. The number of nitrogens with two attached hydrogens (primary N) is 1. The van der Waals surface area contributed by atoms with E-state index in [1.54, 1.807) is 18.2 Å². The highest BCUT2D eigenvalue weighted by Gasteiger charge is 2.16. The first kappa shape index (κ1) is 21.2. The van der Waals surface area contributed by atoms with Crippen LogP contribution in [0.4, 0.5) is 22.9 Å². The zero-order valence-corrected chi connectivity index (χ0v) is 15.8. The number of benzene rings is 1. The van der Waals surface area contributed by atoms with Gasteiger partial charge in [-0.2, -0.15) is 4.40 Å². The summed E-state index contributed by atoms with van der Waals surface area (Å²) in [6, 6.07) is 9.54. The molecule has 3 aromatic rings. The molecule has 11 heteroatoms. The molecule has 0 fully saturated rings. The molecule has 0 bridgehead atoms. The van der Waals surface area contributed by atoms with E-state index in [9.17, 15) is 21.9 Å². The lowest BCUT2D eigenvalue weighted by atomic mass is 10.1. The van der Waals surface area contributed by atoms with Crippen LogP contribution in [0.5, 0.6) is 0 Å². The fourth-order valence-corrected chi connectivity index (χ4v) is 2.70. The van der Waals surface area contributed by atoms with Crippen LogP contribution in [0.1, 0.15) is 17.6 Å². The predicted octanol–water partition coefficient (Wildman–Crippen LogP) is 4.62. The van der Waals surface area contributed by atoms with Crippen LogP contribution in [0.15, 0.2) is 59.1 Å². The molecule has 0 aliphatic heterocycles. The fraction of sp³-hybridized carbons (Fsp3) is 0.0526. The number of halogens is 4. The molecular formula is C19H13F4N5OS. The van der Waals surface area contributed by atoms with Crippen LogP contribution in [-0.4, -0.2) is 21.6 Å². The molecule has 0 spiro atoms. The van der Waals surface area contributed by atoms with Crippen LogP contribution in [0.2, 0.25) is 0 Å². The number of pyridine rings is 2. The van der Waals surface area contributed by atoms with E-state index in [0.29, 0.717) is 5.65 Å². The van der Waals surface area contributed by atoms with Gasteiger partial charge in [0.2, 0.25) is 0 Å². The van der Waals surface area contributed by atoms with Gasteiger partial charge in [-0.3, -0.25) is 4.79 Å². The van der Waals surface area contributed by atoms with Crippen molar-refractivity contribution >= 4 is 46.5 Å². The number of nitrogens with one attached hydrogen (secondary N) is 1. The van der Waals surface area contributed by atoms with Crippen molar-refractivity contribution in [2.45, 2.75) is 6.43 Å². The van der Waals surface area contributed by atoms with Gasteiger partial charge in [0, 0.05) is 17.3 Å². The minimum absolute atomic E-state index is 0.0177. The maximum atomic E-state index is 13.5. The maximum Gasteiger partial charge on any atom is 0.276 e. The van der Waals surface area contributed by atoms with Gasteiger partial charge in [0.1, 0.15) is 17.3 Å². The highest BCUT2D eigenvalue weighted by atomic mass is 32.2. The van der Waals surface area contributed by atoms with Gasteiger partial charge in [-0.25, -0.2) is 23.1 Å². The van der Waals surface area contributed by atoms with Crippen molar-refractivity contribution in [3.63, 3.8) is 0 Å². The predicted molar refractivity (Wildman–Crippen MR) is 108 cm³/mol. The van der Waals surface area contributed by atoms with Crippen LogP contribution in [0, 0.1) is 5.82 Å². The standard InChI is InChI=1S/C19H13F4N5OS/c20-13-5-3-11(8-12(13)17(21)22)14(24)9-15(28-30-23)19(29)27-16-6-4-10-2-1-7-25-18(10)26-16/h1-9,17H,24H2,(H,25,26,27,29)/b14-9-,28-15-. The van der Waals surface area contributed by atoms with Crippen molar-refractivity contribution in [1.82, 2.24) is 9.97 Å². The van der Waals surface area contributed by atoms with Gasteiger partial charge in [-0.05, 0) is 54.1 Å². The summed E-state index contributed by atoms with van der Waals surface area (Å²) in [5, 5.41) is 3.18. The summed E-state index contributed by atoms with van der Waals surface area (Å²) < 4.78 is 55.3. The minimum atomic E-state index is -3.05. The summed E-state index contributed by atoms with van der Waals surface area (Å²) in [6.07, 6.45) is -0.528. The second-order valence-electron chi connectivity index (χ2n) is 5.88. The summed E-state index contributed by atoms with van der Waals surface area (Å²) in [4.78, 5) is 20.7. The lowest BCUT2D eigenvalue weighted by molar-refractivity contribution is -0.110. The number of hydrogen-bond donors (Lipinski definition) is 2. The van der Waals surface area contributed by atoms with Crippen molar-refractivity contribution < 1.29 is 21.9 Å². The highest BCUT2D eigenvalue weighted by molar-refractivity contribution is 7.93. The Hall–Kier alpha value is -3.47. The number of carbonyl (C=O) groups is 1. The third kappa shape index (κ3) is 4.92. The van der Waals surface area contributed by atoms with E-state index in [4.69, 9.17) is 5.73 Å². The Morgan fingerprint density at radius 3 is 2.77 bits per heavy atom. The highest BCUT2D eigenvalue weighted by Crippen LogP contribution is 2.25. The molecule has 2 aromatic heterocycles. The normalized spacial score (nSPS) is 12.4. The zero-order valence-electron chi connectivity index (χ0n) is 15.0. The molecule has 2 heterocycles. The number of carbonyl (C=O) groups excluding carboxylic acids is 1. The molecule has 0 unspecified atom stereocenters. The Balaban J connectivity index is 1.86. The molecule has 0 saturated carbocycles. The average Bonchev–Trinajstić information content (AvgIpc) is 2.73. The van der Waals surface area contributed by atoms with Gasteiger partial charge in [0.15, 0.2) is 18.0 Å². The molecule has 3 N–H and O–H groups in total. The van der Waals surface area contributed by atoms with E-state index in [0.717, 1.165) is 29.7 Å². The van der Waals surface area contributed by atoms with E-state index in [2.05, 4.69) is 19.7 Å². The molecule has 0 radical (unpaired) electrons. The number of rotatable bonds is 6. The number of hydrogen-bond acceptors (Lipinski definition) is 6. The number of amides is 1. The molecule has 30 heavy (non-hydrogen) atoms. The van der Waals surface area contributed by atoms with E-state index in [1.807, 2.05) is 0 Å². The van der Waals surface area contributed by atoms with Gasteiger partial charge < -0.3 is 11.1 Å². The molecule has 0 aliphatic carbocycles. The van der Waals surface area contributed by atoms with Crippen molar-refractivity contribution in [3.8, 4) is 0 Å². The van der Waals surface area contributed by atoms with Gasteiger partial charge in [0.05, 0.1) is 5.56 Å². The number of nitrogens with zero attached hydrogens (tertiary/aromatic N) is 3. The second-order valence-corrected chi connectivity index (χ2v) is 6.20. The van der Waals surface area contributed by atoms with E-state index in [-0.39, 0.29) is 17.1 Å². The number of alkyl halides is 2. The van der Waals surface area contributed by atoms with Crippen LogP contribution in [-0.2, 0) is 4.79 Å². The van der Waals surface area contributed by atoms with Crippen molar-refractivity contribution in [2.75, 3.05) is 5.32 Å². The Bertz CT molecular complexity index is 1150. The third-order valence-electron chi connectivity index (χ3n) is 3.93. The molecule has 0 saturated heterocycles. The number of anilines is 1. The molecule has 0 aliphatic rings. The monoisotopic (exact) mass is 435 g/mol. The van der Waals surface area contributed by atoms with Gasteiger partial charge in [-0.15, -0.1) is 3.89 Å². The van der Waals surface area contributed by atoms with E-state index < -0.39 is 41.8 Å². The molecule has 6 nitrogen and oxygen atoms in total. The van der Waals surface area contributed by atoms with Gasteiger partial charge >= 0.3 is 0 Å². The third-order valence-corrected chi connectivity index (χ3v) is 4.19. The van der Waals surface area contributed by atoms with Crippen molar-refractivity contribution in [3.05, 3.63) is 71.7 Å². The zero-order chi connectivity index (χ0) is 21.7. The Morgan fingerprint density at radius 1 is 1.23 bits per heavy atom. The van der Waals surface area contributed by atoms with Crippen LogP contribution in [0.25, 0.3) is 16.7 Å². The van der Waals surface area contributed by atoms with E-state index >= 15 is 0 Å². The largest absolute Gasteiger partial charge is 0.398 e. The number of aromatic nitrogens is 2. The Labute approximate surface area is 172 Å².